The van der Waals surface area contributed by atoms with Gasteiger partial charge < -0.3 is 15.0 Å². The highest BCUT2D eigenvalue weighted by Crippen LogP contribution is 2.31. The third-order valence-corrected chi connectivity index (χ3v) is 7.51. The van der Waals surface area contributed by atoms with Gasteiger partial charge in [-0.25, -0.2) is 8.42 Å². The highest BCUT2D eigenvalue weighted by atomic mass is 32.2. The van der Waals surface area contributed by atoms with Crippen LogP contribution in [0, 0.1) is 5.92 Å². The van der Waals surface area contributed by atoms with Gasteiger partial charge in [0.1, 0.15) is 0 Å². The minimum atomic E-state index is -3.23. The second kappa shape index (κ2) is 8.13. The van der Waals surface area contributed by atoms with Gasteiger partial charge in [0.15, 0.2) is 9.84 Å². The summed E-state index contributed by atoms with van der Waals surface area (Å²) in [6.45, 7) is 2.90. The number of hydrogen-bond donors (Lipinski definition) is 1. The van der Waals surface area contributed by atoms with E-state index in [2.05, 4.69) is 5.32 Å². The van der Waals surface area contributed by atoms with E-state index in [1.807, 2.05) is 11.0 Å². The van der Waals surface area contributed by atoms with Crippen LogP contribution in [0.4, 0.5) is 0 Å². The molecule has 4 rings (SSSR count). The quantitative estimate of drug-likeness (QED) is 0.827. The Morgan fingerprint density at radius 3 is 2.64 bits per heavy atom. The van der Waals surface area contributed by atoms with E-state index in [0.29, 0.717) is 23.5 Å². The van der Waals surface area contributed by atoms with E-state index < -0.39 is 9.84 Å². The molecule has 154 valence electrons. The van der Waals surface area contributed by atoms with Gasteiger partial charge in [-0.3, -0.25) is 4.79 Å². The van der Waals surface area contributed by atoms with Gasteiger partial charge in [-0.15, -0.1) is 0 Å². The van der Waals surface area contributed by atoms with Crippen molar-refractivity contribution in [2.45, 2.75) is 62.0 Å². The molecule has 1 saturated heterocycles. The van der Waals surface area contributed by atoms with Crippen molar-refractivity contribution in [3.8, 4) is 0 Å². The average Bonchev–Trinajstić information content (AvgIpc) is 3.15. The number of nitrogens with zero attached hydrogens (tertiary/aromatic N) is 1. The molecule has 1 aliphatic carbocycles. The minimum Gasteiger partial charge on any atom is -0.381 e. The van der Waals surface area contributed by atoms with Crippen molar-refractivity contribution in [3.63, 3.8) is 0 Å². The molecule has 6 nitrogen and oxygen atoms in total. The Bertz CT molecular complexity index is 833. The van der Waals surface area contributed by atoms with Crippen LogP contribution in [0.25, 0.3) is 0 Å². The third-order valence-electron chi connectivity index (χ3n) is 6.40. The zero-order valence-electron chi connectivity index (χ0n) is 16.5. The Labute approximate surface area is 167 Å². The minimum absolute atomic E-state index is 0.0805. The lowest BCUT2D eigenvalue weighted by Crippen LogP contribution is -2.42. The largest absolute Gasteiger partial charge is 0.381 e. The molecule has 7 heteroatoms. The summed E-state index contributed by atoms with van der Waals surface area (Å²) in [5.41, 5.74) is 2.12. The van der Waals surface area contributed by atoms with Gasteiger partial charge >= 0.3 is 0 Å². The molecule has 1 saturated carbocycles. The fourth-order valence-corrected chi connectivity index (χ4v) is 5.44. The number of hydrogen-bond acceptors (Lipinski definition) is 5. The van der Waals surface area contributed by atoms with E-state index in [-0.39, 0.29) is 11.8 Å². The van der Waals surface area contributed by atoms with Crippen molar-refractivity contribution < 1.29 is 17.9 Å². The second-order valence-electron chi connectivity index (χ2n) is 8.47. The molecule has 3 aliphatic rings. The van der Waals surface area contributed by atoms with Crippen LogP contribution in [0.15, 0.2) is 23.1 Å². The summed E-state index contributed by atoms with van der Waals surface area (Å²) < 4.78 is 29.1. The molecule has 2 aliphatic heterocycles. The maximum atomic E-state index is 13.1. The fourth-order valence-electron chi connectivity index (χ4n) is 4.77. The first-order valence-corrected chi connectivity index (χ1v) is 12.2. The summed E-state index contributed by atoms with van der Waals surface area (Å²) in [7, 11) is -3.23. The van der Waals surface area contributed by atoms with Crippen molar-refractivity contribution in [2.24, 2.45) is 5.92 Å². The Morgan fingerprint density at radius 2 is 1.89 bits per heavy atom. The van der Waals surface area contributed by atoms with Crippen LogP contribution in [0.5, 0.6) is 0 Å². The number of sulfone groups is 1. The lowest BCUT2D eigenvalue weighted by atomic mass is 9.97. The molecule has 1 amide bonds. The van der Waals surface area contributed by atoms with Crippen LogP contribution in [0.1, 0.15) is 43.2 Å². The van der Waals surface area contributed by atoms with Crippen molar-refractivity contribution >= 4 is 15.7 Å². The smallest absolute Gasteiger partial charge is 0.226 e. The molecule has 0 aromatic heterocycles. The molecule has 1 N–H and O–H groups in total. The van der Waals surface area contributed by atoms with Crippen molar-refractivity contribution in [2.75, 3.05) is 26.0 Å². The van der Waals surface area contributed by atoms with E-state index in [1.165, 1.54) is 6.26 Å². The normalized spacial score (nSPS) is 26.2. The zero-order valence-corrected chi connectivity index (χ0v) is 17.3. The van der Waals surface area contributed by atoms with Crippen LogP contribution >= 0.6 is 0 Å². The summed E-state index contributed by atoms with van der Waals surface area (Å²) in [4.78, 5) is 15.4. The average molecular weight is 407 g/mol. The number of carbonyl (C=O) groups is 1. The molecule has 2 heterocycles. The standard InChI is InChI=1S/C21H30N2O4S/c1-28(25,26)20-5-3-15-6-9-23(14-17(15)13-20)21(24)16-2-4-19(12-16)22-18-7-10-27-11-8-18/h3,5,13,16,18-19,22H,2,4,6-12,14H2,1H3/t16-,19?/m0/s1. The summed E-state index contributed by atoms with van der Waals surface area (Å²) >= 11 is 0. The number of carbonyl (C=O) groups excluding carboxylic acids is 1. The number of fused-ring (bicyclic) bond motifs is 1. The van der Waals surface area contributed by atoms with Crippen LogP contribution in [0.3, 0.4) is 0 Å². The molecular weight excluding hydrogens is 376 g/mol. The van der Waals surface area contributed by atoms with Gasteiger partial charge in [0.05, 0.1) is 4.90 Å². The molecule has 0 spiro atoms. The molecule has 0 radical (unpaired) electrons. The topological polar surface area (TPSA) is 75.7 Å². The molecule has 1 aromatic carbocycles. The van der Waals surface area contributed by atoms with Crippen LogP contribution in [0.2, 0.25) is 0 Å². The summed E-state index contributed by atoms with van der Waals surface area (Å²) in [6, 6.07) is 6.26. The fraction of sp³-hybridized carbons (Fsp3) is 0.667. The van der Waals surface area contributed by atoms with Gasteiger partial charge in [-0.05, 0) is 61.8 Å². The highest BCUT2D eigenvalue weighted by Gasteiger charge is 2.34. The van der Waals surface area contributed by atoms with E-state index in [0.717, 1.165) is 69.4 Å². The second-order valence-corrected chi connectivity index (χ2v) is 10.5. The first-order valence-electron chi connectivity index (χ1n) is 10.3. The Balaban J connectivity index is 1.37. The molecule has 2 atom stereocenters. The Morgan fingerprint density at radius 1 is 1.11 bits per heavy atom. The van der Waals surface area contributed by atoms with E-state index in [9.17, 15) is 13.2 Å². The molecular formula is C21H30N2O4S. The Kier molecular flexibility index (Phi) is 5.76. The predicted octanol–water partition coefficient (Wildman–Crippen LogP) is 1.91. The first-order chi connectivity index (χ1) is 13.4. The first kappa shape index (κ1) is 19.9. The van der Waals surface area contributed by atoms with Gasteiger partial charge in [-0.1, -0.05) is 6.07 Å². The molecule has 28 heavy (non-hydrogen) atoms. The van der Waals surface area contributed by atoms with Crippen LogP contribution in [-0.2, 0) is 32.3 Å². The van der Waals surface area contributed by atoms with Crippen LogP contribution < -0.4 is 5.32 Å². The van der Waals surface area contributed by atoms with Gasteiger partial charge in [-0.2, -0.15) is 0 Å². The SMILES string of the molecule is CS(=O)(=O)c1ccc2c(c1)CN(C(=O)[C@H]1CCC(NC3CCOCC3)C1)CC2. The summed E-state index contributed by atoms with van der Waals surface area (Å²) in [5.74, 6) is 0.309. The van der Waals surface area contributed by atoms with Crippen molar-refractivity contribution in [1.29, 1.82) is 0 Å². The number of benzene rings is 1. The maximum absolute atomic E-state index is 13.1. The third kappa shape index (κ3) is 4.42. The molecule has 1 aromatic rings. The number of nitrogens with one attached hydrogen (secondary N) is 1. The molecule has 2 fully saturated rings. The van der Waals surface area contributed by atoms with Gasteiger partial charge in [0.25, 0.3) is 0 Å². The Hall–Kier alpha value is -1.44. The summed E-state index contributed by atoms with van der Waals surface area (Å²) in [5, 5.41) is 3.73. The number of ether oxygens (including phenoxy) is 1. The van der Waals surface area contributed by atoms with Crippen LogP contribution in [-0.4, -0.2) is 57.3 Å². The highest BCUT2D eigenvalue weighted by molar-refractivity contribution is 7.90. The number of amides is 1. The van der Waals surface area contributed by atoms with E-state index in [1.54, 1.807) is 12.1 Å². The van der Waals surface area contributed by atoms with E-state index in [4.69, 9.17) is 4.74 Å². The summed E-state index contributed by atoms with van der Waals surface area (Å²) in [6.07, 6.45) is 7.03. The predicted molar refractivity (Wildman–Crippen MR) is 107 cm³/mol. The lowest BCUT2D eigenvalue weighted by molar-refractivity contribution is -0.136. The van der Waals surface area contributed by atoms with E-state index >= 15 is 0 Å². The van der Waals surface area contributed by atoms with Gasteiger partial charge in [0, 0.05) is 50.6 Å². The maximum Gasteiger partial charge on any atom is 0.226 e. The lowest BCUT2D eigenvalue weighted by Gasteiger charge is -2.31. The molecule has 1 unspecified atom stereocenters. The number of rotatable bonds is 4. The zero-order chi connectivity index (χ0) is 19.7. The molecule has 0 bridgehead atoms. The monoisotopic (exact) mass is 406 g/mol. The van der Waals surface area contributed by atoms with Gasteiger partial charge in [0.2, 0.25) is 5.91 Å². The van der Waals surface area contributed by atoms with Crippen molar-refractivity contribution in [1.82, 2.24) is 10.2 Å². The van der Waals surface area contributed by atoms with Crippen molar-refractivity contribution in [3.05, 3.63) is 29.3 Å².